The van der Waals surface area contributed by atoms with Crippen LogP contribution in [0.2, 0.25) is 10.0 Å². The van der Waals surface area contributed by atoms with Gasteiger partial charge in [-0.05, 0) is 101 Å². The lowest BCUT2D eigenvalue weighted by Gasteiger charge is -2.19. The van der Waals surface area contributed by atoms with E-state index in [-0.39, 0.29) is 74.0 Å². The third-order valence-electron chi connectivity index (χ3n) is 9.69. The summed E-state index contributed by atoms with van der Waals surface area (Å²) in [4.78, 5) is 79.6. The van der Waals surface area contributed by atoms with Crippen LogP contribution in [0.5, 0.6) is 11.5 Å². The molecule has 0 saturated heterocycles. The predicted octanol–water partition coefficient (Wildman–Crippen LogP) is 12.3. The van der Waals surface area contributed by atoms with Gasteiger partial charge in [-0.15, -0.1) is 23.2 Å². The molecule has 16 nitrogen and oxygen atoms in total. The van der Waals surface area contributed by atoms with Crippen molar-refractivity contribution in [2.24, 2.45) is 20.5 Å². The van der Waals surface area contributed by atoms with Crippen molar-refractivity contribution in [1.29, 1.82) is 0 Å². The van der Waals surface area contributed by atoms with Crippen LogP contribution in [0.4, 0.5) is 34.1 Å². The molecule has 5 aromatic rings. The molecule has 0 saturated carbocycles. The molecule has 4 amide bonds. The maximum absolute atomic E-state index is 13.8. The van der Waals surface area contributed by atoms with Gasteiger partial charge >= 0.3 is 0 Å². The smallest absolute Gasteiger partial charge is 0.259 e. The first-order valence-electron chi connectivity index (χ1n) is 21.0. The van der Waals surface area contributed by atoms with Gasteiger partial charge in [0.15, 0.2) is 11.6 Å². The number of azo groups is 2. The summed E-state index contributed by atoms with van der Waals surface area (Å²) >= 11 is 25.3. The molecule has 5 rings (SSSR count). The zero-order chi connectivity index (χ0) is 49.7. The molecule has 0 spiro atoms. The Hall–Kier alpha value is -6.72. The third kappa shape index (κ3) is 13.7. The Balaban J connectivity index is 1.35. The Morgan fingerprint density at radius 3 is 1.34 bits per heavy atom. The highest BCUT2D eigenvalue weighted by Crippen LogP contribution is 2.39. The first kappa shape index (κ1) is 52.3. The number of nitrogens with one attached hydrogen (secondary N) is 4. The summed E-state index contributed by atoms with van der Waals surface area (Å²) in [6.07, 6.45) is 0. The number of halogens is 4. The zero-order valence-electron chi connectivity index (χ0n) is 37.5. The van der Waals surface area contributed by atoms with E-state index in [0.29, 0.717) is 22.5 Å². The maximum atomic E-state index is 13.8. The summed E-state index contributed by atoms with van der Waals surface area (Å²) in [5.74, 6) is -4.18. The van der Waals surface area contributed by atoms with Gasteiger partial charge < -0.3 is 30.7 Å². The van der Waals surface area contributed by atoms with Gasteiger partial charge in [-0.25, -0.2) is 0 Å². The molecule has 4 unspecified atom stereocenters. The predicted molar refractivity (Wildman–Crippen MR) is 264 cm³/mol. The number of benzene rings is 5. The summed E-state index contributed by atoms with van der Waals surface area (Å²) in [5, 5.41) is 26.5. The zero-order valence-corrected chi connectivity index (χ0v) is 40.6. The van der Waals surface area contributed by atoms with Gasteiger partial charge in [-0.1, -0.05) is 59.6 Å². The summed E-state index contributed by atoms with van der Waals surface area (Å²) in [7, 11) is 0. The average Bonchev–Trinajstić information content (AvgIpc) is 3.28. The standard InChI is InChI=1S/C48H46Cl4N8O8/c1-7-67-40-23-31(53-47(65)42(27(5)61)59-57-29-17-19-36(51)34(21-29)45(63)54-38-15-11-9-13-32(38)25(3)49)24-41(68-8-2)44(40)56-48(66)43(28(6)62)60-58-30-18-20-37(52)35(22-30)46(64)55-39-16-12-10-14-33(39)26(4)50/h9-26,42-43H,7-8H2,1-6H3,(H,53,65)(H,54,63)(H,55,64)(H,56,66). The fourth-order valence-corrected chi connectivity index (χ4v) is 7.19. The second kappa shape index (κ2) is 24.3. The Morgan fingerprint density at radius 1 is 0.559 bits per heavy atom. The van der Waals surface area contributed by atoms with Gasteiger partial charge in [0.25, 0.3) is 23.6 Å². The summed E-state index contributed by atoms with van der Waals surface area (Å²) in [6, 6.07) is 22.0. The van der Waals surface area contributed by atoms with E-state index in [9.17, 15) is 28.8 Å². The number of ketones is 2. The number of anilines is 4. The molecule has 0 radical (unpaired) electrons. The molecule has 0 aliphatic heterocycles. The lowest BCUT2D eigenvalue weighted by Crippen LogP contribution is -2.32. The minimum Gasteiger partial charge on any atom is -0.491 e. The summed E-state index contributed by atoms with van der Waals surface area (Å²) in [5.41, 5.74) is 2.80. The van der Waals surface area contributed by atoms with Crippen LogP contribution in [0.3, 0.4) is 0 Å². The second-order valence-electron chi connectivity index (χ2n) is 14.8. The minimum absolute atomic E-state index is 0.00110. The molecular weight excluding hydrogens is 958 g/mol. The third-order valence-corrected chi connectivity index (χ3v) is 10.8. The van der Waals surface area contributed by atoms with Gasteiger partial charge in [-0.3, -0.25) is 28.8 Å². The van der Waals surface area contributed by atoms with Gasteiger partial charge in [0, 0.05) is 29.2 Å². The number of alkyl halides is 2. The van der Waals surface area contributed by atoms with Crippen molar-refractivity contribution in [1.82, 2.24) is 0 Å². The lowest BCUT2D eigenvalue weighted by atomic mass is 10.1. The van der Waals surface area contributed by atoms with E-state index in [0.717, 1.165) is 13.8 Å². The number of carbonyl (C=O) groups excluding carboxylic acids is 6. The van der Waals surface area contributed by atoms with E-state index >= 15 is 0 Å². The molecule has 0 aliphatic carbocycles. The highest BCUT2D eigenvalue weighted by Gasteiger charge is 2.28. The number of hydrogen-bond donors (Lipinski definition) is 4. The summed E-state index contributed by atoms with van der Waals surface area (Å²) in [6.45, 7) is 9.39. The number of carbonyl (C=O) groups is 6. The van der Waals surface area contributed by atoms with Crippen molar-refractivity contribution in [2.75, 3.05) is 34.5 Å². The molecule has 0 aliphatic rings. The van der Waals surface area contributed by atoms with Gasteiger partial charge in [-0.2, -0.15) is 20.5 Å². The van der Waals surface area contributed by atoms with Crippen molar-refractivity contribution in [3.05, 3.63) is 129 Å². The molecule has 4 atom stereocenters. The van der Waals surface area contributed by atoms with Crippen molar-refractivity contribution in [2.45, 2.75) is 64.4 Å². The van der Waals surface area contributed by atoms with Crippen molar-refractivity contribution in [3.63, 3.8) is 0 Å². The van der Waals surface area contributed by atoms with E-state index in [1.54, 1.807) is 76.2 Å². The fraction of sp³-hybridized carbons (Fsp3) is 0.250. The van der Waals surface area contributed by atoms with Gasteiger partial charge in [0.2, 0.25) is 12.1 Å². The monoisotopic (exact) mass is 1000 g/mol. The topological polar surface area (TPSA) is 218 Å². The molecule has 0 aromatic heterocycles. The molecule has 354 valence electrons. The van der Waals surface area contributed by atoms with Crippen molar-refractivity contribution < 1.29 is 38.2 Å². The van der Waals surface area contributed by atoms with E-state index in [2.05, 4.69) is 41.7 Å². The average molecular weight is 1000 g/mol. The number of hydrogen-bond acceptors (Lipinski definition) is 12. The van der Waals surface area contributed by atoms with Crippen LogP contribution in [0, 0.1) is 0 Å². The number of rotatable bonds is 20. The van der Waals surface area contributed by atoms with E-state index in [4.69, 9.17) is 55.9 Å². The van der Waals surface area contributed by atoms with Crippen LogP contribution in [0.25, 0.3) is 0 Å². The first-order chi connectivity index (χ1) is 32.4. The molecule has 0 fully saturated rings. The maximum Gasteiger partial charge on any atom is 0.259 e. The van der Waals surface area contributed by atoms with Crippen LogP contribution in [-0.4, -0.2) is 60.5 Å². The van der Waals surface area contributed by atoms with E-state index in [1.165, 1.54) is 48.5 Å². The molecule has 5 aromatic carbocycles. The highest BCUT2D eigenvalue weighted by atomic mass is 35.5. The molecule has 0 bridgehead atoms. The van der Waals surface area contributed by atoms with E-state index < -0.39 is 52.7 Å². The SMILES string of the molecule is CCOc1cc(NC(=O)C(N=Nc2ccc(Cl)c(C(=O)Nc3ccccc3C(C)Cl)c2)C(C)=O)cc(OCC)c1NC(=O)C(N=Nc1ccc(Cl)c(C(=O)Nc2ccccc2C(C)Cl)c1)C(C)=O. The van der Waals surface area contributed by atoms with Gasteiger partial charge in [0.1, 0.15) is 17.2 Å². The molecule has 4 N–H and O–H groups in total. The quantitative estimate of drug-likeness (QED) is 0.0333. The van der Waals surface area contributed by atoms with Crippen LogP contribution in [-0.2, 0) is 19.2 Å². The Bertz CT molecular complexity index is 2760. The number of para-hydroxylation sites is 2. The molecule has 0 heterocycles. The number of Topliss-reactive ketones (excluding diaryl/α,β-unsaturated/α-hetero) is 2. The van der Waals surface area contributed by atoms with Crippen LogP contribution in [0.1, 0.15) is 84.1 Å². The minimum atomic E-state index is -1.67. The van der Waals surface area contributed by atoms with Crippen molar-refractivity contribution >= 4 is 116 Å². The number of amides is 4. The molecule has 20 heteroatoms. The largest absolute Gasteiger partial charge is 0.491 e. The van der Waals surface area contributed by atoms with Gasteiger partial charge in [0.05, 0.1) is 56.5 Å². The summed E-state index contributed by atoms with van der Waals surface area (Å²) < 4.78 is 11.7. The van der Waals surface area contributed by atoms with Crippen LogP contribution in [0.15, 0.2) is 118 Å². The van der Waals surface area contributed by atoms with Crippen LogP contribution >= 0.6 is 46.4 Å². The number of ether oxygens (including phenoxy) is 2. The lowest BCUT2D eigenvalue weighted by molar-refractivity contribution is -0.127. The highest BCUT2D eigenvalue weighted by molar-refractivity contribution is 6.35. The molecule has 68 heavy (non-hydrogen) atoms. The van der Waals surface area contributed by atoms with Crippen molar-refractivity contribution in [3.8, 4) is 11.5 Å². The number of nitrogens with zero attached hydrogens (tertiary/aromatic N) is 4. The first-order valence-corrected chi connectivity index (χ1v) is 22.6. The Kier molecular flexibility index (Phi) is 18.7. The molecular formula is C48H46Cl4N8O8. The van der Waals surface area contributed by atoms with E-state index in [1.807, 2.05) is 0 Å². The van der Waals surface area contributed by atoms with Crippen LogP contribution < -0.4 is 30.7 Å². The second-order valence-corrected chi connectivity index (χ2v) is 16.9. The Labute approximate surface area is 412 Å². The fourth-order valence-electron chi connectivity index (χ4n) is 6.41. The normalized spacial score (nSPS) is 13.0. The Morgan fingerprint density at radius 2 is 0.956 bits per heavy atom.